The van der Waals surface area contributed by atoms with E-state index in [0.29, 0.717) is 35.7 Å². The Hall–Kier alpha value is -3.47. The molecule has 1 aliphatic heterocycles. The number of imide groups is 1. The van der Waals surface area contributed by atoms with Crippen molar-refractivity contribution in [2.45, 2.75) is 25.4 Å². The second kappa shape index (κ2) is 7.41. The van der Waals surface area contributed by atoms with Crippen molar-refractivity contribution in [1.82, 2.24) is 30.2 Å². The average Bonchev–Trinajstić information content (AvgIpc) is 3.36. The Kier molecular flexibility index (Phi) is 4.58. The van der Waals surface area contributed by atoms with E-state index in [1.54, 1.807) is 16.8 Å². The minimum absolute atomic E-state index is 0.146. The number of nitrogens with one attached hydrogen (secondary N) is 4. The van der Waals surface area contributed by atoms with Crippen LogP contribution in [0.2, 0.25) is 0 Å². The summed E-state index contributed by atoms with van der Waals surface area (Å²) in [6.45, 7) is 0.531. The number of benzene rings is 1. The molecule has 4 N–H and O–H groups in total. The van der Waals surface area contributed by atoms with E-state index in [1.165, 1.54) is 0 Å². The predicted molar refractivity (Wildman–Crippen MR) is 114 cm³/mol. The van der Waals surface area contributed by atoms with Crippen LogP contribution in [0, 0.1) is 0 Å². The molecule has 30 heavy (non-hydrogen) atoms. The third-order valence-electron chi connectivity index (χ3n) is 4.72. The summed E-state index contributed by atoms with van der Waals surface area (Å²) in [5.74, 6) is 0.514. The van der Waals surface area contributed by atoms with Crippen molar-refractivity contribution in [2.75, 3.05) is 10.6 Å². The van der Waals surface area contributed by atoms with Gasteiger partial charge >= 0.3 is 6.03 Å². The van der Waals surface area contributed by atoms with Crippen LogP contribution in [0.4, 0.5) is 16.7 Å². The van der Waals surface area contributed by atoms with E-state index in [1.807, 2.05) is 24.3 Å². The van der Waals surface area contributed by atoms with E-state index in [-0.39, 0.29) is 5.70 Å². The van der Waals surface area contributed by atoms with Gasteiger partial charge in [-0.3, -0.25) is 10.1 Å². The van der Waals surface area contributed by atoms with Gasteiger partial charge in [0.25, 0.3) is 5.91 Å². The topological polar surface area (TPSA) is 125 Å². The zero-order valence-electron chi connectivity index (χ0n) is 15.6. The van der Waals surface area contributed by atoms with Crippen LogP contribution in [0.5, 0.6) is 0 Å². The lowest BCUT2D eigenvalue weighted by Crippen LogP contribution is -2.22. The molecule has 2 fully saturated rings. The van der Waals surface area contributed by atoms with Crippen LogP contribution in [0.1, 0.15) is 24.0 Å². The molecule has 0 bridgehead atoms. The molecule has 2 aliphatic rings. The molecule has 10 nitrogen and oxygen atoms in total. The van der Waals surface area contributed by atoms with Crippen LogP contribution in [0.25, 0.3) is 11.7 Å². The fourth-order valence-corrected chi connectivity index (χ4v) is 3.46. The molecule has 1 saturated carbocycles. The lowest BCUT2D eigenvalue weighted by Gasteiger charge is -2.11. The SMILES string of the molecule is O=C1NC(=O)C(=Cc2cnn3c(NC4CC4)nc(NCc4ccccc4Br)nc23)N1. The van der Waals surface area contributed by atoms with Gasteiger partial charge in [0, 0.05) is 22.6 Å². The Morgan fingerprint density at radius 2 is 2.03 bits per heavy atom. The van der Waals surface area contributed by atoms with Gasteiger partial charge < -0.3 is 16.0 Å². The lowest BCUT2D eigenvalue weighted by molar-refractivity contribution is -0.115. The van der Waals surface area contributed by atoms with Crippen LogP contribution in [0.15, 0.2) is 40.6 Å². The summed E-state index contributed by atoms with van der Waals surface area (Å²) in [5, 5.41) is 15.6. The van der Waals surface area contributed by atoms with Gasteiger partial charge in [0.2, 0.25) is 11.9 Å². The zero-order valence-corrected chi connectivity index (χ0v) is 17.2. The maximum atomic E-state index is 11.9. The molecule has 0 atom stereocenters. The van der Waals surface area contributed by atoms with Gasteiger partial charge in [0.15, 0.2) is 5.65 Å². The van der Waals surface area contributed by atoms with Gasteiger partial charge in [-0.05, 0) is 30.5 Å². The molecule has 1 aromatic carbocycles. The fourth-order valence-electron chi connectivity index (χ4n) is 3.03. The molecule has 1 saturated heterocycles. The van der Waals surface area contributed by atoms with Gasteiger partial charge in [0.1, 0.15) is 5.70 Å². The molecule has 3 aromatic rings. The first-order chi connectivity index (χ1) is 14.6. The Labute approximate surface area is 179 Å². The number of amides is 3. The van der Waals surface area contributed by atoms with Gasteiger partial charge in [-0.25, -0.2) is 4.79 Å². The average molecular weight is 469 g/mol. The highest BCUT2D eigenvalue weighted by Gasteiger charge is 2.26. The molecular weight excluding hydrogens is 452 g/mol. The van der Waals surface area contributed by atoms with E-state index in [0.717, 1.165) is 22.9 Å². The van der Waals surface area contributed by atoms with Crippen molar-refractivity contribution in [3.63, 3.8) is 0 Å². The summed E-state index contributed by atoms with van der Waals surface area (Å²) in [5.41, 5.74) is 2.32. The molecule has 5 rings (SSSR count). The minimum atomic E-state index is -0.552. The van der Waals surface area contributed by atoms with Crippen molar-refractivity contribution in [3.05, 3.63) is 51.8 Å². The van der Waals surface area contributed by atoms with Crippen molar-refractivity contribution in [3.8, 4) is 0 Å². The zero-order chi connectivity index (χ0) is 20.7. The molecule has 3 heterocycles. The number of anilines is 2. The minimum Gasteiger partial charge on any atom is -0.351 e. The number of fused-ring (bicyclic) bond motifs is 1. The first kappa shape index (κ1) is 18.6. The maximum absolute atomic E-state index is 11.9. The summed E-state index contributed by atoms with van der Waals surface area (Å²) in [7, 11) is 0. The van der Waals surface area contributed by atoms with E-state index in [2.05, 4.69) is 52.3 Å². The van der Waals surface area contributed by atoms with Crippen molar-refractivity contribution >= 4 is 51.5 Å². The largest absolute Gasteiger partial charge is 0.351 e. The van der Waals surface area contributed by atoms with Crippen LogP contribution in [-0.2, 0) is 11.3 Å². The Bertz CT molecular complexity index is 1200. The molecule has 0 unspecified atom stereocenters. The van der Waals surface area contributed by atoms with E-state index >= 15 is 0 Å². The van der Waals surface area contributed by atoms with Gasteiger partial charge in [-0.1, -0.05) is 34.1 Å². The highest BCUT2D eigenvalue weighted by Crippen LogP contribution is 2.26. The van der Waals surface area contributed by atoms with Gasteiger partial charge in [0.05, 0.1) is 6.20 Å². The Balaban J connectivity index is 1.51. The third-order valence-corrected chi connectivity index (χ3v) is 5.49. The summed E-state index contributed by atoms with van der Waals surface area (Å²) < 4.78 is 2.59. The van der Waals surface area contributed by atoms with Crippen molar-refractivity contribution < 1.29 is 9.59 Å². The molecular formula is C19H17BrN8O2. The number of hydrogen-bond donors (Lipinski definition) is 4. The lowest BCUT2D eigenvalue weighted by atomic mass is 10.2. The number of urea groups is 1. The summed E-state index contributed by atoms with van der Waals surface area (Å²) >= 11 is 3.54. The fraction of sp³-hybridized carbons (Fsp3) is 0.211. The molecule has 2 aromatic heterocycles. The number of aromatic nitrogens is 4. The molecule has 152 valence electrons. The van der Waals surface area contributed by atoms with E-state index in [4.69, 9.17) is 0 Å². The number of hydrogen-bond acceptors (Lipinski definition) is 7. The third kappa shape index (κ3) is 3.71. The maximum Gasteiger partial charge on any atom is 0.326 e. The van der Waals surface area contributed by atoms with Crippen LogP contribution in [-0.4, -0.2) is 37.6 Å². The van der Waals surface area contributed by atoms with Crippen molar-refractivity contribution in [2.24, 2.45) is 0 Å². The first-order valence-electron chi connectivity index (χ1n) is 9.40. The van der Waals surface area contributed by atoms with Gasteiger partial charge in [-0.15, -0.1) is 0 Å². The molecule has 1 aliphatic carbocycles. The van der Waals surface area contributed by atoms with Crippen LogP contribution < -0.4 is 21.3 Å². The number of carbonyl (C=O) groups is 2. The Morgan fingerprint density at radius 1 is 1.20 bits per heavy atom. The number of carbonyl (C=O) groups excluding carboxylic acids is 2. The van der Waals surface area contributed by atoms with Crippen molar-refractivity contribution in [1.29, 1.82) is 0 Å². The molecule has 0 spiro atoms. The Morgan fingerprint density at radius 3 is 2.77 bits per heavy atom. The first-order valence-corrected chi connectivity index (χ1v) is 10.2. The quantitative estimate of drug-likeness (QED) is 0.322. The highest BCUT2D eigenvalue weighted by molar-refractivity contribution is 9.10. The summed E-state index contributed by atoms with van der Waals surface area (Å²) in [4.78, 5) is 32.4. The van der Waals surface area contributed by atoms with Gasteiger partial charge in [-0.2, -0.15) is 19.6 Å². The molecule has 3 amide bonds. The summed E-state index contributed by atoms with van der Waals surface area (Å²) in [6.07, 6.45) is 5.30. The molecule has 0 radical (unpaired) electrons. The monoisotopic (exact) mass is 468 g/mol. The molecule has 11 heteroatoms. The van der Waals surface area contributed by atoms with E-state index in [9.17, 15) is 9.59 Å². The number of halogens is 1. The highest BCUT2D eigenvalue weighted by atomic mass is 79.9. The van der Waals surface area contributed by atoms with Crippen LogP contribution >= 0.6 is 15.9 Å². The second-order valence-corrected chi connectivity index (χ2v) is 7.89. The normalized spacial score (nSPS) is 17.3. The number of rotatable bonds is 6. The smallest absolute Gasteiger partial charge is 0.326 e. The summed E-state index contributed by atoms with van der Waals surface area (Å²) in [6, 6.07) is 7.72. The predicted octanol–water partition coefficient (Wildman–Crippen LogP) is 2.25. The standard InChI is InChI=1S/C19H17BrN8O2/c20-13-4-2-1-3-10(13)8-21-17-25-15-11(7-14-16(29)26-19(30)24-14)9-22-28(15)18(27-17)23-12-5-6-12/h1-4,7,9,12H,5-6,8H2,(H2,21,23,25,27)(H2,24,26,29,30). The second-order valence-electron chi connectivity index (χ2n) is 7.04. The van der Waals surface area contributed by atoms with Crippen LogP contribution in [0.3, 0.4) is 0 Å². The van der Waals surface area contributed by atoms with E-state index < -0.39 is 11.9 Å². The number of nitrogens with zero attached hydrogens (tertiary/aromatic N) is 4.